The highest BCUT2D eigenvalue weighted by atomic mass is 15.1. The fourth-order valence-electron chi connectivity index (χ4n) is 6.31. The highest BCUT2D eigenvalue weighted by Gasteiger charge is 2.33. The summed E-state index contributed by atoms with van der Waals surface area (Å²) in [6.07, 6.45) is 7.12. The van der Waals surface area contributed by atoms with Gasteiger partial charge in [0.25, 0.3) is 0 Å². The van der Waals surface area contributed by atoms with Gasteiger partial charge >= 0.3 is 0 Å². The van der Waals surface area contributed by atoms with Gasteiger partial charge in [-0.05, 0) is 83.3 Å². The van der Waals surface area contributed by atoms with E-state index in [9.17, 15) is 0 Å². The Hall–Kier alpha value is -4.23. The Morgan fingerprint density at radius 1 is 0.800 bits per heavy atom. The number of nitrogens with zero attached hydrogens (tertiary/aromatic N) is 1. The molecule has 1 heteroatoms. The van der Waals surface area contributed by atoms with Crippen molar-refractivity contribution in [3.63, 3.8) is 0 Å². The lowest BCUT2D eigenvalue weighted by Gasteiger charge is -2.20. The van der Waals surface area contributed by atoms with Gasteiger partial charge in [-0.25, -0.2) is 0 Å². The van der Waals surface area contributed by atoms with Crippen LogP contribution >= 0.6 is 0 Å². The highest BCUT2D eigenvalue weighted by Crippen LogP contribution is 2.42. The summed E-state index contributed by atoms with van der Waals surface area (Å²) < 4.78 is 2.43. The molecule has 4 aromatic carbocycles. The van der Waals surface area contributed by atoms with Gasteiger partial charge in [-0.15, -0.1) is 0 Å². The molecule has 2 aliphatic rings. The van der Waals surface area contributed by atoms with Crippen LogP contribution in [0, 0.1) is 5.92 Å². The van der Waals surface area contributed by atoms with Crippen molar-refractivity contribution in [1.29, 1.82) is 0 Å². The average molecular weight is 523 g/mol. The van der Waals surface area contributed by atoms with Crippen molar-refractivity contribution >= 4 is 17.5 Å². The fraction of sp³-hybridized carbons (Fsp3) is 0.205. The standard InChI is InChI=1S/C37H34N.C2H6/c1-6-7-13-31-30(21-22-32-29-14-9-8-12-27(29)23-34(31)32)26-17-19-28(20-18-26)38-35-16-11-10-15-33(35)37(38)36(24(2)3)25(4)5;1-2/h6-22,24H,1,23H2,2-5H3;1-2H3/q+1;/b13-7-;. The second-order valence-electron chi connectivity index (χ2n) is 10.8. The van der Waals surface area contributed by atoms with Gasteiger partial charge in [-0.3, -0.25) is 0 Å². The van der Waals surface area contributed by atoms with E-state index < -0.39 is 0 Å². The van der Waals surface area contributed by atoms with Crippen molar-refractivity contribution < 1.29 is 0 Å². The average Bonchev–Trinajstić information content (AvgIpc) is 3.35. The van der Waals surface area contributed by atoms with Crippen LogP contribution in [0.5, 0.6) is 0 Å². The van der Waals surface area contributed by atoms with Crippen LogP contribution in [0.15, 0.2) is 115 Å². The summed E-state index contributed by atoms with van der Waals surface area (Å²) in [4.78, 5) is 0. The summed E-state index contributed by atoms with van der Waals surface area (Å²) in [6.45, 7) is 17.0. The molecule has 40 heavy (non-hydrogen) atoms. The van der Waals surface area contributed by atoms with Crippen LogP contribution in [0.4, 0.5) is 5.69 Å². The molecule has 1 aliphatic carbocycles. The minimum Gasteiger partial charge on any atom is -0.152 e. The molecule has 0 unspecified atom stereocenters. The van der Waals surface area contributed by atoms with E-state index in [4.69, 9.17) is 0 Å². The molecule has 200 valence electrons. The number of para-hydroxylation sites is 1. The van der Waals surface area contributed by atoms with Crippen molar-refractivity contribution in [2.24, 2.45) is 5.92 Å². The summed E-state index contributed by atoms with van der Waals surface area (Å²) in [7, 11) is 0. The predicted octanol–water partition coefficient (Wildman–Crippen LogP) is 9.09. The first-order valence-corrected chi connectivity index (χ1v) is 14.6. The maximum absolute atomic E-state index is 3.92. The SMILES string of the molecule is C=C/C=C\c1c(-c2ccc([N+]3=c4ccccc4=C3C(=C(C)C)C(C)C)cc2)ccc2c1Cc1ccccc1-2.CC. The molecule has 4 aromatic rings. The number of benzene rings is 4. The first kappa shape index (κ1) is 27.3. The molecule has 0 radical (unpaired) electrons. The molecule has 0 fully saturated rings. The van der Waals surface area contributed by atoms with E-state index in [0.717, 1.165) is 6.42 Å². The van der Waals surface area contributed by atoms with E-state index in [2.05, 4.69) is 136 Å². The predicted molar refractivity (Wildman–Crippen MR) is 174 cm³/mol. The quantitative estimate of drug-likeness (QED) is 0.155. The normalized spacial score (nSPS) is 12.8. The van der Waals surface area contributed by atoms with E-state index in [1.165, 1.54) is 72.1 Å². The van der Waals surface area contributed by atoms with E-state index in [-0.39, 0.29) is 0 Å². The monoisotopic (exact) mass is 522 g/mol. The van der Waals surface area contributed by atoms with Gasteiger partial charge in [-0.1, -0.05) is 107 Å². The zero-order chi connectivity index (χ0) is 28.4. The molecule has 0 spiro atoms. The maximum Gasteiger partial charge on any atom is 0.229 e. The van der Waals surface area contributed by atoms with Crippen LogP contribution in [0.25, 0.3) is 34.0 Å². The molecule has 1 heterocycles. The third-order valence-electron chi connectivity index (χ3n) is 7.86. The highest BCUT2D eigenvalue weighted by molar-refractivity contribution is 5.88. The fourth-order valence-corrected chi connectivity index (χ4v) is 6.31. The molecule has 0 saturated carbocycles. The Morgan fingerprint density at radius 3 is 2.17 bits per heavy atom. The first-order chi connectivity index (χ1) is 19.5. The molecular formula is C39H40N+. The Bertz CT molecular complexity index is 1770. The van der Waals surface area contributed by atoms with E-state index in [1.807, 2.05) is 19.9 Å². The number of fused-ring (bicyclic) bond motifs is 4. The third-order valence-corrected chi connectivity index (χ3v) is 7.86. The number of allylic oxidation sites excluding steroid dienone is 3. The van der Waals surface area contributed by atoms with Gasteiger partial charge in [0.2, 0.25) is 16.7 Å². The van der Waals surface area contributed by atoms with Crippen LogP contribution < -0.4 is 15.2 Å². The third kappa shape index (κ3) is 4.60. The molecule has 1 nitrogen and oxygen atoms in total. The molecule has 0 aromatic heterocycles. The van der Waals surface area contributed by atoms with Crippen molar-refractivity contribution in [3.05, 3.63) is 142 Å². The number of rotatable bonds is 6. The molecule has 0 atom stereocenters. The minimum absolute atomic E-state index is 0.458. The molecular weight excluding hydrogens is 482 g/mol. The molecule has 0 amide bonds. The molecule has 6 rings (SSSR count). The minimum atomic E-state index is 0.458. The second kappa shape index (κ2) is 11.5. The summed E-state index contributed by atoms with van der Waals surface area (Å²) in [5, 5.41) is 2.62. The van der Waals surface area contributed by atoms with Crippen molar-refractivity contribution in [1.82, 2.24) is 4.58 Å². The van der Waals surface area contributed by atoms with E-state index in [0.29, 0.717) is 5.92 Å². The van der Waals surface area contributed by atoms with Crippen molar-refractivity contribution in [2.45, 2.75) is 48.0 Å². The summed E-state index contributed by atoms with van der Waals surface area (Å²) >= 11 is 0. The maximum atomic E-state index is 3.92. The smallest absolute Gasteiger partial charge is 0.152 e. The van der Waals surface area contributed by atoms with Gasteiger partial charge in [0.15, 0.2) is 0 Å². The zero-order valence-electron chi connectivity index (χ0n) is 24.8. The van der Waals surface area contributed by atoms with Gasteiger partial charge in [0.05, 0.1) is 0 Å². The Kier molecular flexibility index (Phi) is 7.85. The molecule has 0 N–H and O–H groups in total. The summed E-state index contributed by atoms with van der Waals surface area (Å²) in [5.41, 5.74) is 14.7. The van der Waals surface area contributed by atoms with Crippen LogP contribution in [0.2, 0.25) is 0 Å². The Morgan fingerprint density at radius 2 is 1.48 bits per heavy atom. The van der Waals surface area contributed by atoms with Crippen molar-refractivity contribution in [2.75, 3.05) is 0 Å². The van der Waals surface area contributed by atoms with Gasteiger partial charge in [-0.2, -0.15) is 4.58 Å². The molecule has 1 aliphatic heterocycles. The lowest BCUT2D eigenvalue weighted by Crippen LogP contribution is -2.50. The summed E-state index contributed by atoms with van der Waals surface area (Å²) in [6, 6.07) is 31.2. The van der Waals surface area contributed by atoms with Crippen LogP contribution in [-0.2, 0) is 6.42 Å². The van der Waals surface area contributed by atoms with E-state index >= 15 is 0 Å². The summed E-state index contributed by atoms with van der Waals surface area (Å²) in [5.74, 6) is 0.458. The van der Waals surface area contributed by atoms with E-state index in [1.54, 1.807) is 0 Å². The van der Waals surface area contributed by atoms with Gasteiger partial charge in [0.1, 0.15) is 5.22 Å². The second-order valence-corrected chi connectivity index (χ2v) is 10.8. The van der Waals surface area contributed by atoms with Crippen LogP contribution in [0.3, 0.4) is 0 Å². The molecule has 0 bridgehead atoms. The van der Waals surface area contributed by atoms with Crippen LogP contribution in [-0.4, -0.2) is 0 Å². The lowest BCUT2D eigenvalue weighted by molar-refractivity contribution is 0.749. The van der Waals surface area contributed by atoms with Crippen LogP contribution in [0.1, 0.15) is 58.2 Å². The largest absolute Gasteiger partial charge is 0.229 e. The number of hydrogen-bond donors (Lipinski definition) is 0. The van der Waals surface area contributed by atoms with Crippen molar-refractivity contribution in [3.8, 4) is 22.3 Å². The number of hydrogen-bond acceptors (Lipinski definition) is 0. The molecule has 0 saturated heterocycles. The Balaban J connectivity index is 0.00000158. The first-order valence-electron chi connectivity index (χ1n) is 14.6. The zero-order valence-corrected chi connectivity index (χ0v) is 24.8. The van der Waals surface area contributed by atoms with Gasteiger partial charge < -0.3 is 0 Å². The Labute approximate surface area is 239 Å². The topological polar surface area (TPSA) is 3.01 Å². The lowest BCUT2D eigenvalue weighted by atomic mass is 9.90. The van der Waals surface area contributed by atoms with Gasteiger partial charge in [0, 0.05) is 23.8 Å².